The molecule has 1 aromatic heterocycles. The second-order valence-electron chi connectivity index (χ2n) is 2.27. The molecule has 0 fully saturated rings. The molecule has 0 aromatic carbocycles. The van der Waals surface area contributed by atoms with Crippen LogP contribution in [0.25, 0.3) is 0 Å². The topological polar surface area (TPSA) is 92.9 Å². The van der Waals surface area contributed by atoms with Gasteiger partial charge in [0.25, 0.3) is 5.91 Å². The van der Waals surface area contributed by atoms with Gasteiger partial charge in [-0.25, -0.2) is 0 Å². The molecule has 0 atom stereocenters. The number of primary amides is 1. The van der Waals surface area contributed by atoms with Crippen molar-refractivity contribution in [1.29, 1.82) is 5.26 Å². The van der Waals surface area contributed by atoms with Gasteiger partial charge >= 0.3 is 0 Å². The molecule has 1 heterocycles. The maximum absolute atomic E-state index is 10.8. The van der Waals surface area contributed by atoms with Gasteiger partial charge in [-0.3, -0.25) is 4.79 Å². The first-order valence-corrected chi connectivity index (χ1v) is 3.98. The van der Waals surface area contributed by atoms with Gasteiger partial charge in [-0.05, 0) is 12.5 Å². The summed E-state index contributed by atoms with van der Waals surface area (Å²) < 4.78 is 0. The van der Waals surface area contributed by atoms with Crippen LogP contribution in [0, 0.1) is 18.3 Å². The van der Waals surface area contributed by atoms with E-state index in [-0.39, 0.29) is 0 Å². The second kappa shape index (κ2) is 2.83. The molecule has 0 aliphatic heterocycles. The van der Waals surface area contributed by atoms with Crippen LogP contribution in [0.15, 0.2) is 0 Å². The van der Waals surface area contributed by atoms with Gasteiger partial charge in [-0.15, -0.1) is 11.3 Å². The maximum Gasteiger partial charge on any atom is 0.259 e. The quantitative estimate of drug-likeness (QED) is 0.664. The summed E-state index contributed by atoms with van der Waals surface area (Å²) in [7, 11) is 0. The molecular weight excluding hydrogens is 174 g/mol. The Labute approximate surface area is 73.4 Å². The fourth-order valence-electron chi connectivity index (χ4n) is 0.910. The van der Waals surface area contributed by atoms with Gasteiger partial charge in [0.05, 0.1) is 10.4 Å². The van der Waals surface area contributed by atoms with Gasteiger partial charge in [-0.1, -0.05) is 0 Å². The van der Waals surface area contributed by atoms with Gasteiger partial charge in [0.15, 0.2) is 0 Å². The molecule has 12 heavy (non-hydrogen) atoms. The van der Waals surface area contributed by atoms with Crippen LogP contribution >= 0.6 is 11.3 Å². The lowest BCUT2D eigenvalue weighted by molar-refractivity contribution is 0.100. The van der Waals surface area contributed by atoms with E-state index in [0.717, 1.165) is 11.3 Å². The van der Waals surface area contributed by atoms with E-state index >= 15 is 0 Å². The molecule has 0 aliphatic carbocycles. The van der Waals surface area contributed by atoms with Crippen molar-refractivity contribution in [3.63, 3.8) is 0 Å². The number of amides is 1. The van der Waals surface area contributed by atoms with E-state index in [1.54, 1.807) is 6.92 Å². The highest BCUT2D eigenvalue weighted by Crippen LogP contribution is 2.28. The third-order valence-corrected chi connectivity index (χ3v) is 2.65. The summed E-state index contributed by atoms with van der Waals surface area (Å²) in [5.41, 5.74) is 11.5. The number of rotatable bonds is 1. The number of carbonyl (C=O) groups is 1. The van der Waals surface area contributed by atoms with Crippen molar-refractivity contribution in [2.45, 2.75) is 6.92 Å². The van der Waals surface area contributed by atoms with E-state index in [2.05, 4.69) is 0 Å². The van der Waals surface area contributed by atoms with Crippen LogP contribution in [0.3, 0.4) is 0 Å². The molecule has 1 amide bonds. The molecule has 0 unspecified atom stereocenters. The molecule has 0 spiro atoms. The molecule has 0 saturated carbocycles. The second-order valence-corrected chi connectivity index (χ2v) is 3.32. The van der Waals surface area contributed by atoms with Gasteiger partial charge in [-0.2, -0.15) is 5.26 Å². The average molecular weight is 181 g/mol. The van der Waals surface area contributed by atoms with Crippen LogP contribution in [-0.4, -0.2) is 5.91 Å². The average Bonchev–Trinajstić information content (AvgIpc) is 2.27. The lowest BCUT2D eigenvalue weighted by Gasteiger charge is -1.89. The largest absolute Gasteiger partial charge is 0.389 e. The zero-order valence-electron chi connectivity index (χ0n) is 6.42. The SMILES string of the molecule is Cc1c(C(N)=O)sc(N)c1C#N. The smallest absolute Gasteiger partial charge is 0.259 e. The third kappa shape index (κ3) is 1.12. The molecule has 0 aliphatic rings. The Kier molecular flexibility index (Phi) is 2.02. The molecular formula is C7H7N3OS. The Morgan fingerprint density at radius 2 is 2.25 bits per heavy atom. The number of nitrogens with two attached hydrogens (primary N) is 2. The summed E-state index contributed by atoms with van der Waals surface area (Å²) in [6.07, 6.45) is 0. The molecule has 0 saturated heterocycles. The number of carbonyl (C=O) groups excluding carboxylic acids is 1. The number of hydrogen-bond acceptors (Lipinski definition) is 4. The Hall–Kier alpha value is -1.54. The van der Waals surface area contributed by atoms with E-state index in [9.17, 15) is 4.79 Å². The summed E-state index contributed by atoms with van der Waals surface area (Å²) in [6, 6.07) is 1.92. The Bertz CT molecular complexity index is 375. The molecule has 4 nitrogen and oxygen atoms in total. The third-order valence-electron chi connectivity index (χ3n) is 1.51. The number of thiophene rings is 1. The molecule has 0 bridgehead atoms. The Balaban J connectivity index is 3.39. The normalized spacial score (nSPS) is 9.33. The zero-order valence-corrected chi connectivity index (χ0v) is 7.23. The van der Waals surface area contributed by atoms with Gasteiger partial charge in [0, 0.05) is 0 Å². The minimum atomic E-state index is -0.536. The highest BCUT2D eigenvalue weighted by atomic mass is 32.1. The van der Waals surface area contributed by atoms with Crippen molar-refractivity contribution >= 4 is 22.2 Å². The minimum absolute atomic E-state index is 0.351. The monoisotopic (exact) mass is 181 g/mol. The first kappa shape index (κ1) is 8.56. The summed E-state index contributed by atoms with van der Waals surface area (Å²) in [6.45, 7) is 1.66. The fraction of sp³-hybridized carbons (Fsp3) is 0.143. The lowest BCUT2D eigenvalue weighted by Crippen LogP contribution is -2.10. The summed E-state index contributed by atoms with van der Waals surface area (Å²) in [5.74, 6) is -0.536. The van der Waals surface area contributed by atoms with Crippen molar-refractivity contribution in [1.82, 2.24) is 0 Å². The summed E-state index contributed by atoms with van der Waals surface area (Å²) >= 11 is 1.05. The van der Waals surface area contributed by atoms with E-state index in [1.165, 1.54) is 0 Å². The fourth-order valence-corrected chi connectivity index (χ4v) is 1.79. The van der Waals surface area contributed by atoms with Gasteiger partial charge in [0.2, 0.25) is 0 Å². The van der Waals surface area contributed by atoms with Crippen molar-refractivity contribution in [3.05, 3.63) is 16.0 Å². The van der Waals surface area contributed by atoms with Crippen LogP contribution in [0.1, 0.15) is 20.8 Å². The number of nitriles is 1. The molecule has 4 N–H and O–H groups in total. The molecule has 1 aromatic rings. The molecule has 62 valence electrons. The number of nitrogen functional groups attached to an aromatic ring is 1. The Morgan fingerprint density at radius 1 is 1.67 bits per heavy atom. The van der Waals surface area contributed by atoms with Crippen molar-refractivity contribution in [2.24, 2.45) is 5.73 Å². The van der Waals surface area contributed by atoms with E-state index in [4.69, 9.17) is 16.7 Å². The van der Waals surface area contributed by atoms with E-state index in [1.807, 2.05) is 6.07 Å². The van der Waals surface area contributed by atoms with Gasteiger partial charge in [0.1, 0.15) is 11.1 Å². The Morgan fingerprint density at radius 3 is 2.50 bits per heavy atom. The molecule has 5 heteroatoms. The summed E-state index contributed by atoms with van der Waals surface area (Å²) in [4.78, 5) is 11.1. The first-order valence-electron chi connectivity index (χ1n) is 3.16. The van der Waals surface area contributed by atoms with Crippen LogP contribution in [0.2, 0.25) is 0 Å². The number of anilines is 1. The zero-order chi connectivity index (χ0) is 9.30. The number of nitrogens with zero attached hydrogens (tertiary/aromatic N) is 1. The first-order chi connectivity index (χ1) is 5.57. The standard InChI is InChI=1S/C7H7N3OS/c1-3-4(2-8)7(10)12-5(3)6(9)11/h10H2,1H3,(H2,9,11). The van der Waals surface area contributed by atoms with Gasteiger partial charge < -0.3 is 11.5 Å². The van der Waals surface area contributed by atoms with Crippen LogP contribution in [-0.2, 0) is 0 Å². The van der Waals surface area contributed by atoms with E-state index in [0.29, 0.717) is 21.0 Å². The van der Waals surface area contributed by atoms with Crippen LogP contribution in [0.4, 0.5) is 5.00 Å². The van der Waals surface area contributed by atoms with Crippen LogP contribution < -0.4 is 11.5 Å². The number of hydrogen-bond donors (Lipinski definition) is 2. The highest BCUT2D eigenvalue weighted by Gasteiger charge is 2.15. The van der Waals surface area contributed by atoms with E-state index < -0.39 is 5.91 Å². The molecule has 1 rings (SSSR count). The predicted molar refractivity (Wildman–Crippen MR) is 46.7 cm³/mol. The van der Waals surface area contributed by atoms with Crippen LogP contribution in [0.5, 0.6) is 0 Å². The van der Waals surface area contributed by atoms with Crippen molar-refractivity contribution in [2.75, 3.05) is 5.73 Å². The summed E-state index contributed by atoms with van der Waals surface area (Å²) in [5, 5.41) is 8.97. The molecule has 0 radical (unpaired) electrons. The van der Waals surface area contributed by atoms with Crippen molar-refractivity contribution in [3.8, 4) is 6.07 Å². The lowest BCUT2D eigenvalue weighted by atomic mass is 10.2. The minimum Gasteiger partial charge on any atom is -0.389 e. The highest BCUT2D eigenvalue weighted by molar-refractivity contribution is 7.18. The van der Waals surface area contributed by atoms with Crippen molar-refractivity contribution < 1.29 is 4.79 Å². The maximum atomic E-state index is 10.8. The predicted octanol–water partition coefficient (Wildman–Crippen LogP) is 0.609.